The van der Waals surface area contributed by atoms with Crippen LogP contribution in [0.2, 0.25) is 0 Å². The van der Waals surface area contributed by atoms with Gasteiger partial charge in [0.2, 0.25) is 0 Å². The third-order valence-corrected chi connectivity index (χ3v) is 3.23. The number of β-amino-alcohol motifs (C(OH)–C–C–N with tert-alkyl or cyclic N) is 1. The van der Waals surface area contributed by atoms with Crippen LogP contribution in [-0.2, 0) is 4.74 Å². The molecule has 0 radical (unpaired) electrons. The number of rotatable bonds is 3. The molecule has 1 aliphatic rings. The van der Waals surface area contributed by atoms with Crippen molar-refractivity contribution in [2.45, 2.75) is 25.6 Å². The largest absolute Gasteiger partial charge is 0.399 e. The molecule has 4 nitrogen and oxygen atoms in total. The molecule has 1 aromatic carbocycles. The van der Waals surface area contributed by atoms with Crippen LogP contribution in [0.15, 0.2) is 24.3 Å². The molecule has 3 N–H and O–H groups in total. The fourth-order valence-corrected chi connectivity index (χ4v) is 2.39. The van der Waals surface area contributed by atoms with Crippen LogP contribution in [0.4, 0.5) is 5.69 Å². The van der Waals surface area contributed by atoms with E-state index in [1.165, 1.54) is 0 Å². The maximum atomic E-state index is 10.2. The van der Waals surface area contributed by atoms with E-state index in [1.807, 2.05) is 24.3 Å². The van der Waals surface area contributed by atoms with E-state index in [0.717, 1.165) is 25.3 Å². The lowest BCUT2D eigenvalue weighted by molar-refractivity contribution is -0.0932. The molecule has 0 spiro atoms. The highest BCUT2D eigenvalue weighted by Gasteiger charge is 2.28. The Balaban J connectivity index is 1.97. The molecule has 2 rings (SSSR count). The van der Waals surface area contributed by atoms with Crippen LogP contribution in [0.5, 0.6) is 0 Å². The minimum Gasteiger partial charge on any atom is -0.399 e. The van der Waals surface area contributed by atoms with Gasteiger partial charge in [0.05, 0.1) is 18.3 Å². The number of nitrogens with zero attached hydrogens (tertiary/aromatic N) is 1. The van der Waals surface area contributed by atoms with Crippen molar-refractivity contribution in [2.75, 3.05) is 32.0 Å². The summed E-state index contributed by atoms with van der Waals surface area (Å²) in [5.74, 6) is 0. The second kappa shape index (κ2) is 5.26. The van der Waals surface area contributed by atoms with Crippen LogP contribution in [0.1, 0.15) is 25.5 Å². The standard InChI is InChI=1S/C14H22N2O2/c1-14(2)10-16(6-7-18-14)9-13(17)11-4-3-5-12(15)8-11/h3-5,8,13,17H,6-7,9-10,15H2,1-2H3. The first-order chi connectivity index (χ1) is 8.46. The molecule has 0 amide bonds. The van der Waals surface area contributed by atoms with Gasteiger partial charge in [0, 0.05) is 25.3 Å². The van der Waals surface area contributed by atoms with Crippen LogP contribution in [-0.4, -0.2) is 41.8 Å². The topological polar surface area (TPSA) is 58.7 Å². The van der Waals surface area contributed by atoms with Crippen molar-refractivity contribution in [3.8, 4) is 0 Å². The molecule has 0 aliphatic carbocycles. The molecule has 1 atom stereocenters. The summed E-state index contributed by atoms with van der Waals surface area (Å²) in [6, 6.07) is 7.44. The van der Waals surface area contributed by atoms with Gasteiger partial charge in [-0.05, 0) is 31.5 Å². The molecule has 4 heteroatoms. The summed E-state index contributed by atoms with van der Waals surface area (Å²) >= 11 is 0. The van der Waals surface area contributed by atoms with Gasteiger partial charge >= 0.3 is 0 Å². The fraction of sp³-hybridized carbons (Fsp3) is 0.571. The first-order valence-corrected chi connectivity index (χ1v) is 6.36. The molecule has 1 aromatic rings. The smallest absolute Gasteiger partial charge is 0.0917 e. The highest BCUT2D eigenvalue weighted by atomic mass is 16.5. The average molecular weight is 250 g/mol. The molecule has 1 fully saturated rings. The molecule has 18 heavy (non-hydrogen) atoms. The van der Waals surface area contributed by atoms with Gasteiger partial charge in [-0.25, -0.2) is 0 Å². The van der Waals surface area contributed by atoms with E-state index in [0.29, 0.717) is 12.2 Å². The zero-order chi connectivity index (χ0) is 13.2. The van der Waals surface area contributed by atoms with Crippen LogP contribution in [0.3, 0.4) is 0 Å². The molecule has 1 heterocycles. The van der Waals surface area contributed by atoms with Gasteiger partial charge in [-0.15, -0.1) is 0 Å². The number of hydrogen-bond acceptors (Lipinski definition) is 4. The van der Waals surface area contributed by atoms with Crippen molar-refractivity contribution < 1.29 is 9.84 Å². The monoisotopic (exact) mass is 250 g/mol. The molecule has 0 aromatic heterocycles. The lowest BCUT2D eigenvalue weighted by atomic mass is 10.0. The minimum absolute atomic E-state index is 0.131. The number of anilines is 1. The number of aliphatic hydroxyl groups is 1. The highest BCUT2D eigenvalue weighted by Crippen LogP contribution is 2.21. The van der Waals surface area contributed by atoms with E-state index in [1.54, 1.807) is 0 Å². The van der Waals surface area contributed by atoms with Gasteiger partial charge in [-0.3, -0.25) is 4.90 Å². The molecule has 1 aliphatic heterocycles. The molecular weight excluding hydrogens is 228 g/mol. The highest BCUT2D eigenvalue weighted by molar-refractivity contribution is 5.41. The normalized spacial score (nSPS) is 21.7. The van der Waals surface area contributed by atoms with Gasteiger partial charge in [0.25, 0.3) is 0 Å². The zero-order valence-electron chi connectivity index (χ0n) is 11.1. The number of ether oxygens (including phenoxy) is 1. The van der Waals surface area contributed by atoms with Crippen LogP contribution < -0.4 is 5.73 Å². The number of benzene rings is 1. The Hall–Kier alpha value is -1.10. The SMILES string of the molecule is CC1(C)CN(CC(O)c2cccc(N)c2)CCO1. The summed E-state index contributed by atoms with van der Waals surface area (Å²) in [7, 11) is 0. The number of hydrogen-bond donors (Lipinski definition) is 2. The van der Waals surface area contributed by atoms with Crippen LogP contribution in [0.25, 0.3) is 0 Å². The van der Waals surface area contributed by atoms with E-state index in [9.17, 15) is 5.11 Å². The molecule has 1 unspecified atom stereocenters. The minimum atomic E-state index is -0.498. The van der Waals surface area contributed by atoms with Gasteiger partial charge in [0.1, 0.15) is 0 Å². The zero-order valence-corrected chi connectivity index (χ0v) is 11.1. The van der Waals surface area contributed by atoms with Gasteiger partial charge in [-0.2, -0.15) is 0 Å². The lowest BCUT2D eigenvalue weighted by Gasteiger charge is -2.39. The van der Waals surface area contributed by atoms with Crippen molar-refractivity contribution in [2.24, 2.45) is 0 Å². The Kier molecular flexibility index (Phi) is 3.90. The third-order valence-electron chi connectivity index (χ3n) is 3.23. The summed E-state index contributed by atoms with van der Waals surface area (Å²) in [5.41, 5.74) is 7.16. The Bertz CT molecular complexity index is 407. The van der Waals surface area contributed by atoms with Crippen molar-refractivity contribution in [3.63, 3.8) is 0 Å². The number of aliphatic hydroxyl groups excluding tert-OH is 1. The summed E-state index contributed by atoms with van der Waals surface area (Å²) in [4.78, 5) is 2.23. The second-order valence-corrected chi connectivity index (χ2v) is 5.53. The summed E-state index contributed by atoms with van der Waals surface area (Å²) < 4.78 is 5.66. The van der Waals surface area contributed by atoms with Gasteiger partial charge < -0.3 is 15.6 Å². The second-order valence-electron chi connectivity index (χ2n) is 5.53. The fourth-order valence-electron chi connectivity index (χ4n) is 2.39. The number of morpholine rings is 1. The van der Waals surface area contributed by atoms with E-state index in [2.05, 4.69) is 18.7 Å². The average Bonchev–Trinajstić information content (AvgIpc) is 2.27. The lowest BCUT2D eigenvalue weighted by Crippen LogP contribution is -2.49. The Morgan fingerprint density at radius 3 is 2.94 bits per heavy atom. The quantitative estimate of drug-likeness (QED) is 0.796. The van der Waals surface area contributed by atoms with Crippen molar-refractivity contribution >= 4 is 5.69 Å². The Labute approximate surface area is 108 Å². The number of nitrogens with two attached hydrogens (primary N) is 1. The first kappa shape index (κ1) is 13.3. The Morgan fingerprint density at radius 1 is 1.50 bits per heavy atom. The Morgan fingerprint density at radius 2 is 2.28 bits per heavy atom. The summed E-state index contributed by atoms with van der Waals surface area (Å²) in [6.45, 7) is 7.19. The third kappa shape index (κ3) is 3.45. The summed E-state index contributed by atoms with van der Waals surface area (Å²) in [6.07, 6.45) is -0.498. The van der Waals surface area contributed by atoms with E-state index in [4.69, 9.17) is 10.5 Å². The van der Waals surface area contributed by atoms with Crippen LogP contribution >= 0.6 is 0 Å². The van der Waals surface area contributed by atoms with E-state index in [-0.39, 0.29) is 5.60 Å². The van der Waals surface area contributed by atoms with Crippen LogP contribution in [0, 0.1) is 0 Å². The van der Waals surface area contributed by atoms with Crippen molar-refractivity contribution in [1.29, 1.82) is 0 Å². The molecule has 0 bridgehead atoms. The molecule has 1 saturated heterocycles. The van der Waals surface area contributed by atoms with Gasteiger partial charge in [0.15, 0.2) is 0 Å². The van der Waals surface area contributed by atoms with E-state index < -0.39 is 6.10 Å². The molecule has 0 saturated carbocycles. The molecule has 100 valence electrons. The summed E-state index contributed by atoms with van der Waals surface area (Å²) in [5, 5.41) is 10.2. The predicted octanol–water partition coefficient (Wildman–Crippen LogP) is 1.41. The first-order valence-electron chi connectivity index (χ1n) is 6.36. The maximum absolute atomic E-state index is 10.2. The predicted molar refractivity (Wildman–Crippen MR) is 72.3 cm³/mol. The van der Waals surface area contributed by atoms with Crippen molar-refractivity contribution in [3.05, 3.63) is 29.8 Å². The van der Waals surface area contributed by atoms with Crippen molar-refractivity contribution in [1.82, 2.24) is 4.90 Å². The maximum Gasteiger partial charge on any atom is 0.0917 e. The van der Waals surface area contributed by atoms with Gasteiger partial charge in [-0.1, -0.05) is 12.1 Å². The van der Waals surface area contributed by atoms with E-state index >= 15 is 0 Å². The number of nitrogen functional groups attached to an aromatic ring is 1. The molecular formula is C14H22N2O2.